The third kappa shape index (κ3) is 4.00. The van der Waals surface area contributed by atoms with Gasteiger partial charge in [-0.25, -0.2) is 0 Å². The average molecular weight is 373 g/mol. The molecule has 0 spiro atoms. The predicted octanol–water partition coefficient (Wildman–Crippen LogP) is 2.63. The number of rotatable bonds is 4. The first-order valence-corrected chi connectivity index (χ1v) is 9.74. The number of halogens is 1. The van der Waals surface area contributed by atoms with Crippen LogP contribution in [0.3, 0.4) is 0 Å². The van der Waals surface area contributed by atoms with Gasteiger partial charge in [-0.1, -0.05) is 11.6 Å². The summed E-state index contributed by atoms with van der Waals surface area (Å²) >= 11 is 5.99. The molecule has 0 aliphatic carbocycles. The van der Waals surface area contributed by atoms with Crippen molar-refractivity contribution >= 4 is 17.3 Å². The standard InChI is InChI=1S/C20H25ClN4O/c21-16-1-3-18(4-2-16)24-9-5-19(6-10-24)25-13-15(20(26)14-25)11-17-12-22-7-8-23-17/h1-4,7-8,12,15,19-20,26H,5-6,9-11,13-14H2/t15-,20-/m1/s1. The number of piperidine rings is 1. The number of aliphatic hydroxyl groups excluding tert-OH is 1. The van der Waals surface area contributed by atoms with Gasteiger partial charge in [0.2, 0.25) is 0 Å². The van der Waals surface area contributed by atoms with Gasteiger partial charge in [-0.15, -0.1) is 0 Å². The highest BCUT2D eigenvalue weighted by Gasteiger charge is 2.36. The van der Waals surface area contributed by atoms with Crippen LogP contribution in [0, 0.1) is 5.92 Å². The number of nitrogens with zero attached hydrogens (tertiary/aromatic N) is 4. The summed E-state index contributed by atoms with van der Waals surface area (Å²) in [5.41, 5.74) is 2.21. The third-order valence-corrected chi connectivity index (χ3v) is 5.95. The quantitative estimate of drug-likeness (QED) is 0.894. The van der Waals surface area contributed by atoms with E-state index in [0.717, 1.165) is 56.2 Å². The van der Waals surface area contributed by atoms with E-state index in [2.05, 4.69) is 31.9 Å². The number of aliphatic hydroxyl groups is 1. The Morgan fingerprint density at radius 3 is 2.54 bits per heavy atom. The van der Waals surface area contributed by atoms with E-state index in [9.17, 15) is 5.11 Å². The van der Waals surface area contributed by atoms with E-state index < -0.39 is 0 Å². The molecule has 0 bridgehead atoms. The second-order valence-electron chi connectivity index (χ2n) is 7.38. The van der Waals surface area contributed by atoms with E-state index in [1.165, 1.54) is 5.69 Å². The van der Waals surface area contributed by atoms with Gasteiger partial charge in [0, 0.05) is 67.4 Å². The van der Waals surface area contributed by atoms with Crippen molar-refractivity contribution in [3.05, 3.63) is 53.6 Å². The number of likely N-dealkylation sites (tertiary alicyclic amines) is 1. The SMILES string of the molecule is O[C@@H]1CN(C2CCN(c3ccc(Cl)cc3)CC2)C[C@H]1Cc1cnccn1. The molecule has 1 aromatic carbocycles. The van der Waals surface area contributed by atoms with Gasteiger partial charge in [0.15, 0.2) is 0 Å². The Morgan fingerprint density at radius 1 is 1.08 bits per heavy atom. The topological polar surface area (TPSA) is 52.5 Å². The van der Waals surface area contributed by atoms with Crippen molar-refractivity contribution in [2.24, 2.45) is 5.92 Å². The largest absolute Gasteiger partial charge is 0.391 e. The Hall–Kier alpha value is -1.69. The lowest BCUT2D eigenvalue weighted by molar-refractivity contribution is 0.131. The molecule has 2 aliphatic rings. The zero-order valence-corrected chi connectivity index (χ0v) is 15.6. The Labute approximate surface area is 159 Å². The molecule has 3 heterocycles. The lowest BCUT2D eigenvalue weighted by Crippen LogP contribution is -2.44. The van der Waals surface area contributed by atoms with Gasteiger partial charge >= 0.3 is 0 Å². The molecule has 26 heavy (non-hydrogen) atoms. The Balaban J connectivity index is 1.31. The number of aromatic nitrogens is 2. The fourth-order valence-electron chi connectivity index (χ4n) is 4.23. The summed E-state index contributed by atoms with van der Waals surface area (Å²) in [6, 6.07) is 8.66. The molecule has 1 aromatic heterocycles. The highest BCUT2D eigenvalue weighted by molar-refractivity contribution is 6.30. The molecule has 138 valence electrons. The van der Waals surface area contributed by atoms with Crippen molar-refractivity contribution in [1.82, 2.24) is 14.9 Å². The van der Waals surface area contributed by atoms with Crippen LogP contribution >= 0.6 is 11.6 Å². The van der Waals surface area contributed by atoms with Crippen molar-refractivity contribution in [3.63, 3.8) is 0 Å². The summed E-state index contributed by atoms with van der Waals surface area (Å²) in [6.45, 7) is 3.82. The normalized spacial score (nSPS) is 24.9. The maximum Gasteiger partial charge on any atom is 0.0711 e. The minimum atomic E-state index is -0.272. The Kier molecular flexibility index (Phi) is 5.38. The lowest BCUT2D eigenvalue weighted by Gasteiger charge is -2.38. The zero-order chi connectivity index (χ0) is 17.9. The minimum Gasteiger partial charge on any atom is -0.391 e. The van der Waals surface area contributed by atoms with Crippen LogP contribution in [0.15, 0.2) is 42.9 Å². The van der Waals surface area contributed by atoms with E-state index in [-0.39, 0.29) is 12.0 Å². The zero-order valence-electron chi connectivity index (χ0n) is 14.8. The fraction of sp³-hybridized carbons (Fsp3) is 0.500. The molecule has 0 amide bonds. The van der Waals surface area contributed by atoms with Crippen molar-refractivity contribution in [1.29, 1.82) is 0 Å². The first-order chi connectivity index (χ1) is 12.7. The highest BCUT2D eigenvalue weighted by atomic mass is 35.5. The Bertz CT molecular complexity index is 704. The molecule has 0 radical (unpaired) electrons. The van der Waals surface area contributed by atoms with Crippen molar-refractivity contribution in [3.8, 4) is 0 Å². The predicted molar refractivity (Wildman–Crippen MR) is 103 cm³/mol. The second-order valence-corrected chi connectivity index (χ2v) is 7.81. The van der Waals surface area contributed by atoms with Crippen LogP contribution in [-0.2, 0) is 6.42 Å². The molecule has 2 fully saturated rings. The van der Waals surface area contributed by atoms with E-state index in [4.69, 9.17) is 11.6 Å². The fourth-order valence-corrected chi connectivity index (χ4v) is 4.36. The van der Waals surface area contributed by atoms with Crippen LogP contribution < -0.4 is 4.90 Å². The van der Waals surface area contributed by atoms with Gasteiger partial charge < -0.3 is 10.0 Å². The van der Waals surface area contributed by atoms with Crippen LogP contribution in [-0.4, -0.2) is 58.3 Å². The Morgan fingerprint density at radius 2 is 1.85 bits per heavy atom. The van der Waals surface area contributed by atoms with Gasteiger partial charge in [-0.3, -0.25) is 14.9 Å². The molecule has 0 unspecified atom stereocenters. The van der Waals surface area contributed by atoms with E-state index in [1.54, 1.807) is 18.6 Å². The van der Waals surface area contributed by atoms with E-state index in [0.29, 0.717) is 6.04 Å². The van der Waals surface area contributed by atoms with Crippen LogP contribution in [0.2, 0.25) is 5.02 Å². The van der Waals surface area contributed by atoms with Crippen molar-refractivity contribution in [2.75, 3.05) is 31.1 Å². The van der Waals surface area contributed by atoms with Gasteiger partial charge in [0.1, 0.15) is 0 Å². The summed E-state index contributed by atoms with van der Waals surface area (Å²) in [6.07, 6.45) is 8.01. The monoisotopic (exact) mass is 372 g/mol. The molecule has 5 nitrogen and oxygen atoms in total. The molecule has 6 heteroatoms. The van der Waals surface area contributed by atoms with Crippen molar-refractivity contribution < 1.29 is 5.11 Å². The number of benzene rings is 1. The van der Waals surface area contributed by atoms with E-state index >= 15 is 0 Å². The van der Waals surface area contributed by atoms with Gasteiger partial charge in [-0.05, 0) is 43.5 Å². The molecule has 2 saturated heterocycles. The smallest absolute Gasteiger partial charge is 0.0711 e. The molecule has 2 atom stereocenters. The lowest BCUT2D eigenvalue weighted by atomic mass is 10.00. The van der Waals surface area contributed by atoms with Crippen LogP contribution in [0.4, 0.5) is 5.69 Å². The number of β-amino-alcohol motifs (C(OH)–C–C–N with tert-alkyl or cyclic N) is 1. The summed E-state index contributed by atoms with van der Waals surface area (Å²) < 4.78 is 0. The molecule has 0 saturated carbocycles. The summed E-state index contributed by atoms with van der Waals surface area (Å²) in [5, 5.41) is 11.3. The molecular formula is C20H25ClN4O. The van der Waals surface area contributed by atoms with Crippen molar-refractivity contribution in [2.45, 2.75) is 31.4 Å². The van der Waals surface area contributed by atoms with E-state index in [1.807, 2.05) is 12.1 Å². The number of anilines is 1. The third-order valence-electron chi connectivity index (χ3n) is 5.70. The van der Waals surface area contributed by atoms with Gasteiger partial charge in [0.25, 0.3) is 0 Å². The van der Waals surface area contributed by atoms with Gasteiger partial charge in [0.05, 0.1) is 11.8 Å². The number of hydrogen-bond donors (Lipinski definition) is 1. The van der Waals surface area contributed by atoms with Crippen LogP contribution in [0.5, 0.6) is 0 Å². The maximum absolute atomic E-state index is 10.5. The maximum atomic E-state index is 10.5. The first kappa shape index (κ1) is 17.7. The van der Waals surface area contributed by atoms with Crippen LogP contribution in [0.25, 0.3) is 0 Å². The summed E-state index contributed by atoms with van der Waals surface area (Å²) in [4.78, 5) is 13.4. The van der Waals surface area contributed by atoms with Crippen LogP contribution in [0.1, 0.15) is 18.5 Å². The molecular weight excluding hydrogens is 348 g/mol. The summed E-state index contributed by atoms with van der Waals surface area (Å²) in [7, 11) is 0. The summed E-state index contributed by atoms with van der Waals surface area (Å²) in [5.74, 6) is 0.251. The number of hydrogen-bond acceptors (Lipinski definition) is 5. The molecule has 1 N–H and O–H groups in total. The highest BCUT2D eigenvalue weighted by Crippen LogP contribution is 2.28. The molecule has 2 aromatic rings. The second kappa shape index (κ2) is 7.91. The average Bonchev–Trinajstić information content (AvgIpc) is 3.04. The molecule has 4 rings (SSSR count). The molecule has 2 aliphatic heterocycles. The first-order valence-electron chi connectivity index (χ1n) is 9.36. The minimum absolute atomic E-state index is 0.251. The van der Waals surface area contributed by atoms with Gasteiger partial charge in [-0.2, -0.15) is 0 Å².